The lowest BCUT2D eigenvalue weighted by atomic mass is 10.2. The van der Waals surface area contributed by atoms with Crippen LogP contribution in [0.5, 0.6) is 0 Å². The molecule has 6 heteroatoms. The molecular weight excluding hydrogens is 227 g/mol. The maximum absolute atomic E-state index is 12.3. The maximum atomic E-state index is 12.3. The Morgan fingerprint density at radius 3 is 2.67 bits per heavy atom. The van der Waals surface area contributed by atoms with Gasteiger partial charge < -0.3 is 0 Å². The van der Waals surface area contributed by atoms with E-state index in [1.54, 1.807) is 6.92 Å². The predicted molar refractivity (Wildman–Crippen MR) is 51.0 cm³/mol. The van der Waals surface area contributed by atoms with Gasteiger partial charge in [0.15, 0.2) is 6.29 Å². The quantitative estimate of drug-likeness (QED) is 0.595. The Morgan fingerprint density at radius 2 is 2.20 bits per heavy atom. The molecule has 0 aliphatic carbocycles. The van der Waals surface area contributed by atoms with Crippen LogP contribution in [0.1, 0.15) is 23.0 Å². The van der Waals surface area contributed by atoms with Crippen molar-refractivity contribution < 1.29 is 18.0 Å². The largest absolute Gasteiger partial charge is 0.417 e. The van der Waals surface area contributed by atoms with Crippen LogP contribution in [0.15, 0.2) is 17.2 Å². The summed E-state index contributed by atoms with van der Waals surface area (Å²) < 4.78 is 36.9. The summed E-state index contributed by atoms with van der Waals surface area (Å²) in [5, 5.41) is 0. The highest BCUT2D eigenvalue weighted by Crippen LogP contribution is 2.32. The summed E-state index contributed by atoms with van der Waals surface area (Å²) in [6.45, 7) is 1.79. The second-order valence-corrected chi connectivity index (χ2v) is 3.96. The second-order valence-electron chi connectivity index (χ2n) is 2.66. The summed E-state index contributed by atoms with van der Waals surface area (Å²) >= 11 is 1.16. The lowest BCUT2D eigenvalue weighted by molar-refractivity contribution is -0.138. The number of hydrogen-bond acceptors (Lipinski definition) is 3. The Kier molecular flexibility index (Phi) is 3.73. The Balaban J connectivity index is 3.15. The molecule has 0 fully saturated rings. The van der Waals surface area contributed by atoms with Crippen molar-refractivity contribution >= 4 is 18.0 Å². The van der Waals surface area contributed by atoms with Gasteiger partial charge in [-0.25, -0.2) is 0 Å². The lowest BCUT2D eigenvalue weighted by Gasteiger charge is -2.08. The average molecular weight is 235 g/mol. The number of rotatable bonds is 3. The van der Waals surface area contributed by atoms with Gasteiger partial charge in [-0.1, -0.05) is 6.92 Å². The lowest BCUT2D eigenvalue weighted by Crippen LogP contribution is -2.07. The molecule has 1 heterocycles. The third-order valence-corrected chi connectivity index (χ3v) is 2.55. The molecule has 0 unspecified atom stereocenters. The highest BCUT2D eigenvalue weighted by molar-refractivity contribution is 7.99. The Morgan fingerprint density at radius 1 is 1.53 bits per heavy atom. The van der Waals surface area contributed by atoms with Crippen molar-refractivity contribution in [2.24, 2.45) is 0 Å². The molecule has 0 aliphatic heterocycles. The third-order valence-electron chi connectivity index (χ3n) is 1.62. The van der Waals surface area contributed by atoms with E-state index in [4.69, 9.17) is 0 Å². The summed E-state index contributed by atoms with van der Waals surface area (Å²) in [5.74, 6) is 0.587. The minimum Gasteiger partial charge on any atom is -0.296 e. The first kappa shape index (κ1) is 12.0. The summed E-state index contributed by atoms with van der Waals surface area (Å²) in [5.41, 5.74) is -0.779. The minimum absolute atomic E-state index is 0.0508. The van der Waals surface area contributed by atoms with E-state index in [-0.39, 0.29) is 10.6 Å². The number of nitrogens with zero attached hydrogens (tertiary/aromatic N) is 1. The van der Waals surface area contributed by atoms with E-state index in [0.717, 1.165) is 17.8 Å². The van der Waals surface area contributed by atoms with Crippen molar-refractivity contribution in [3.63, 3.8) is 0 Å². The Hall–Kier alpha value is -1.04. The van der Waals surface area contributed by atoms with Crippen molar-refractivity contribution in [1.29, 1.82) is 0 Å². The summed E-state index contributed by atoms with van der Waals surface area (Å²) in [4.78, 5) is 14.2. The van der Waals surface area contributed by atoms with Crippen LogP contribution in [0, 0.1) is 0 Å². The topological polar surface area (TPSA) is 30.0 Å². The van der Waals surface area contributed by atoms with E-state index < -0.39 is 11.7 Å². The summed E-state index contributed by atoms with van der Waals surface area (Å²) in [7, 11) is 0. The fourth-order valence-electron chi connectivity index (χ4n) is 0.970. The molecule has 0 N–H and O–H groups in total. The van der Waals surface area contributed by atoms with E-state index in [2.05, 4.69) is 4.98 Å². The van der Waals surface area contributed by atoms with E-state index in [9.17, 15) is 18.0 Å². The van der Waals surface area contributed by atoms with Gasteiger partial charge in [-0.2, -0.15) is 13.2 Å². The molecule has 0 spiro atoms. The first-order valence-electron chi connectivity index (χ1n) is 4.14. The molecule has 1 aromatic heterocycles. The zero-order valence-corrected chi connectivity index (χ0v) is 8.65. The van der Waals surface area contributed by atoms with Crippen LogP contribution in [0.4, 0.5) is 13.2 Å². The van der Waals surface area contributed by atoms with Gasteiger partial charge in [-0.05, 0) is 11.8 Å². The van der Waals surface area contributed by atoms with Crippen LogP contribution in [0.25, 0.3) is 0 Å². The van der Waals surface area contributed by atoms with Gasteiger partial charge in [0.05, 0.1) is 5.56 Å². The van der Waals surface area contributed by atoms with Crippen LogP contribution >= 0.6 is 11.8 Å². The molecule has 1 aromatic rings. The van der Waals surface area contributed by atoms with E-state index >= 15 is 0 Å². The maximum Gasteiger partial charge on any atom is 0.417 e. The standard InChI is InChI=1S/C9H8F3NOS/c1-2-15-8-3-6(9(10,11)12)4-13-7(8)5-14/h3-5H,2H2,1H3. The van der Waals surface area contributed by atoms with Crippen molar-refractivity contribution in [1.82, 2.24) is 4.98 Å². The van der Waals surface area contributed by atoms with Gasteiger partial charge in [-0.3, -0.25) is 9.78 Å². The van der Waals surface area contributed by atoms with Crippen molar-refractivity contribution in [3.05, 3.63) is 23.5 Å². The van der Waals surface area contributed by atoms with Crippen LogP contribution in [-0.2, 0) is 6.18 Å². The van der Waals surface area contributed by atoms with Gasteiger partial charge >= 0.3 is 6.18 Å². The predicted octanol–water partition coefficient (Wildman–Crippen LogP) is 3.02. The minimum atomic E-state index is -4.42. The van der Waals surface area contributed by atoms with Crippen molar-refractivity contribution in [2.75, 3.05) is 5.75 Å². The molecule has 0 atom stereocenters. The smallest absolute Gasteiger partial charge is 0.296 e. The summed E-state index contributed by atoms with van der Waals surface area (Å²) in [6, 6.07) is 0.949. The number of carbonyl (C=O) groups is 1. The zero-order chi connectivity index (χ0) is 11.5. The molecule has 0 aliphatic rings. The molecule has 0 radical (unpaired) electrons. The highest BCUT2D eigenvalue weighted by atomic mass is 32.2. The average Bonchev–Trinajstić information content (AvgIpc) is 2.17. The molecule has 0 amide bonds. The molecule has 15 heavy (non-hydrogen) atoms. The Labute approximate surface area is 88.9 Å². The number of alkyl halides is 3. The van der Waals surface area contributed by atoms with Gasteiger partial charge in [-0.15, -0.1) is 11.8 Å². The van der Waals surface area contributed by atoms with E-state index in [1.165, 1.54) is 0 Å². The highest BCUT2D eigenvalue weighted by Gasteiger charge is 2.31. The van der Waals surface area contributed by atoms with Crippen LogP contribution < -0.4 is 0 Å². The van der Waals surface area contributed by atoms with Gasteiger partial charge in [0.2, 0.25) is 0 Å². The molecule has 1 rings (SSSR count). The number of pyridine rings is 1. The first-order chi connectivity index (χ1) is 6.99. The fraction of sp³-hybridized carbons (Fsp3) is 0.333. The second kappa shape index (κ2) is 4.65. The number of aromatic nitrogens is 1. The zero-order valence-electron chi connectivity index (χ0n) is 7.84. The number of hydrogen-bond donors (Lipinski definition) is 0. The molecule has 0 saturated carbocycles. The van der Waals surface area contributed by atoms with Crippen LogP contribution in [-0.4, -0.2) is 17.0 Å². The summed E-state index contributed by atoms with van der Waals surface area (Å²) in [6.07, 6.45) is -3.29. The molecule has 82 valence electrons. The first-order valence-corrected chi connectivity index (χ1v) is 5.12. The number of carbonyl (C=O) groups excluding carboxylic acids is 1. The van der Waals surface area contributed by atoms with Crippen molar-refractivity contribution in [2.45, 2.75) is 18.0 Å². The molecule has 0 saturated heterocycles. The van der Waals surface area contributed by atoms with Crippen LogP contribution in [0.2, 0.25) is 0 Å². The van der Waals surface area contributed by atoms with Crippen LogP contribution in [0.3, 0.4) is 0 Å². The molecule has 0 aromatic carbocycles. The fourth-order valence-corrected chi connectivity index (χ4v) is 1.74. The van der Waals surface area contributed by atoms with Crippen molar-refractivity contribution in [3.8, 4) is 0 Å². The number of halogens is 3. The number of aldehydes is 1. The SMILES string of the molecule is CCSc1cc(C(F)(F)F)cnc1C=O. The van der Waals surface area contributed by atoms with Gasteiger partial charge in [0.1, 0.15) is 5.69 Å². The monoisotopic (exact) mass is 235 g/mol. The van der Waals surface area contributed by atoms with Gasteiger partial charge in [0, 0.05) is 11.1 Å². The molecular formula is C9H8F3NOS. The third kappa shape index (κ3) is 2.95. The van der Waals surface area contributed by atoms with Gasteiger partial charge in [0.25, 0.3) is 0 Å². The molecule has 0 bridgehead atoms. The van der Waals surface area contributed by atoms with E-state index in [0.29, 0.717) is 18.2 Å². The Bertz CT molecular complexity index is 365. The normalized spacial score (nSPS) is 11.5. The number of thioether (sulfide) groups is 1. The molecule has 2 nitrogen and oxygen atoms in total. The van der Waals surface area contributed by atoms with E-state index in [1.807, 2.05) is 0 Å².